The van der Waals surface area contributed by atoms with Crippen LogP contribution in [0.4, 0.5) is 13.2 Å². The Hall–Kier alpha value is -3.74. The highest BCUT2D eigenvalue weighted by Crippen LogP contribution is 2.30. The molecule has 0 saturated heterocycles. The zero-order valence-corrected chi connectivity index (χ0v) is 19.0. The predicted octanol–water partition coefficient (Wildman–Crippen LogP) is 5.92. The van der Waals surface area contributed by atoms with E-state index in [1.54, 1.807) is 36.0 Å². The molecule has 0 bridgehead atoms. The first-order valence-corrected chi connectivity index (χ1v) is 10.9. The molecule has 0 fully saturated rings. The van der Waals surface area contributed by atoms with Gasteiger partial charge in [-0.3, -0.25) is 14.6 Å². The molecule has 174 valence electrons. The monoisotopic (exact) mass is 464 g/mol. The summed E-state index contributed by atoms with van der Waals surface area (Å²) in [4.78, 5) is 30.4. The summed E-state index contributed by atoms with van der Waals surface area (Å²) in [5.41, 5.74) is 3.26. The molecule has 2 aromatic heterocycles. The van der Waals surface area contributed by atoms with Crippen molar-refractivity contribution in [2.24, 2.45) is 7.05 Å². The van der Waals surface area contributed by atoms with E-state index in [0.29, 0.717) is 16.7 Å². The number of nitrogens with zero attached hydrogens (tertiary/aromatic N) is 2. The van der Waals surface area contributed by atoms with Crippen LogP contribution in [0, 0.1) is 6.92 Å². The minimum absolute atomic E-state index is 0.00336. The second kappa shape index (κ2) is 8.89. The Bertz CT molecular complexity index is 1470. The van der Waals surface area contributed by atoms with Gasteiger partial charge in [0, 0.05) is 41.9 Å². The highest BCUT2D eigenvalue weighted by Gasteiger charge is 2.30. The summed E-state index contributed by atoms with van der Waals surface area (Å²) in [5, 5.41) is 0.819. The lowest BCUT2D eigenvalue weighted by atomic mass is 9.94. The van der Waals surface area contributed by atoms with Gasteiger partial charge in [-0.05, 0) is 54.3 Å². The molecule has 2 heterocycles. The Morgan fingerprint density at radius 3 is 2.50 bits per heavy atom. The van der Waals surface area contributed by atoms with Crippen molar-refractivity contribution in [3.05, 3.63) is 99.1 Å². The van der Waals surface area contributed by atoms with Gasteiger partial charge in [-0.2, -0.15) is 13.2 Å². The van der Waals surface area contributed by atoms with Crippen LogP contribution in [0.25, 0.3) is 22.0 Å². The van der Waals surface area contributed by atoms with Gasteiger partial charge in [0.25, 0.3) is 5.56 Å². The molecular weight excluding hydrogens is 441 g/mol. The van der Waals surface area contributed by atoms with Crippen LogP contribution in [0.1, 0.15) is 39.7 Å². The lowest BCUT2D eigenvalue weighted by Gasteiger charge is -2.13. The molecule has 4 aromatic rings. The number of hydrogen-bond donors (Lipinski definition) is 0. The number of ketones is 1. The van der Waals surface area contributed by atoms with Crippen LogP contribution >= 0.6 is 0 Å². The van der Waals surface area contributed by atoms with Crippen molar-refractivity contribution in [1.82, 2.24) is 9.55 Å². The van der Waals surface area contributed by atoms with Gasteiger partial charge in [0.1, 0.15) is 0 Å². The number of alkyl halides is 3. The largest absolute Gasteiger partial charge is 0.416 e. The quantitative estimate of drug-likeness (QED) is 0.345. The van der Waals surface area contributed by atoms with Gasteiger partial charge >= 0.3 is 6.18 Å². The predicted molar refractivity (Wildman–Crippen MR) is 126 cm³/mol. The molecule has 0 aliphatic heterocycles. The third-order valence-corrected chi connectivity index (χ3v) is 6.00. The number of aromatic nitrogens is 2. The van der Waals surface area contributed by atoms with Crippen molar-refractivity contribution in [1.29, 1.82) is 0 Å². The van der Waals surface area contributed by atoms with Crippen LogP contribution < -0.4 is 5.56 Å². The van der Waals surface area contributed by atoms with Crippen LogP contribution in [0.2, 0.25) is 0 Å². The molecule has 0 aliphatic rings. The van der Waals surface area contributed by atoms with E-state index >= 15 is 0 Å². The fourth-order valence-corrected chi connectivity index (χ4v) is 4.02. The van der Waals surface area contributed by atoms with Crippen molar-refractivity contribution in [3.8, 4) is 11.1 Å². The van der Waals surface area contributed by atoms with Crippen molar-refractivity contribution in [2.45, 2.75) is 32.9 Å². The Morgan fingerprint density at radius 2 is 1.79 bits per heavy atom. The minimum Gasteiger partial charge on any atom is -0.311 e. The minimum atomic E-state index is -4.52. The van der Waals surface area contributed by atoms with Crippen LogP contribution in [0.3, 0.4) is 0 Å². The number of hydrogen-bond acceptors (Lipinski definition) is 3. The average Bonchev–Trinajstić information content (AvgIpc) is 2.82. The normalized spacial score (nSPS) is 11.7. The Kier molecular flexibility index (Phi) is 6.13. The summed E-state index contributed by atoms with van der Waals surface area (Å²) in [7, 11) is 1.71. The molecule has 0 aliphatic carbocycles. The van der Waals surface area contributed by atoms with Crippen LogP contribution in [-0.4, -0.2) is 15.3 Å². The number of rotatable bonds is 5. The SMILES string of the molecule is CCc1cc2c(cn1)cc(-c1cc(CC(=O)c3cccc(C(F)(F)F)c3)ccc1C)c(=O)n2C. The van der Waals surface area contributed by atoms with Gasteiger partial charge in [0.05, 0.1) is 11.1 Å². The number of fused-ring (bicyclic) bond motifs is 1. The summed E-state index contributed by atoms with van der Waals surface area (Å²) in [6.45, 7) is 3.87. The highest BCUT2D eigenvalue weighted by atomic mass is 19.4. The maximum Gasteiger partial charge on any atom is 0.416 e. The second-order valence-electron chi connectivity index (χ2n) is 8.34. The first-order valence-electron chi connectivity index (χ1n) is 10.9. The summed E-state index contributed by atoms with van der Waals surface area (Å²) in [5.74, 6) is -0.427. The van der Waals surface area contributed by atoms with E-state index in [1.165, 1.54) is 12.1 Å². The number of Topliss-reactive ketones (excluding diaryl/α,β-unsaturated/α-hetero) is 1. The standard InChI is InChI=1S/C27H23F3N2O2/c1-4-21-14-24-19(15-31-21)13-23(26(34)32(24)3)22-10-17(9-8-16(22)2)11-25(33)18-6-5-7-20(12-18)27(28,29)30/h5-10,12-15H,4,11H2,1-3H3. The third-order valence-electron chi connectivity index (χ3n) is 6.00. The van der Waals surface area contributed by atoms with E-state index < -0.39 is 17.5 Å². The van der Waals surface area contributed by atoms with E-state index in [9.17, 15) is 22.8 Å². The molecule has 7 heteroatoms. The number of carbonyl (C=O) groups excluding carboxylic acids is 1. The Labute approximate surface area is 194 Å². The maximum atomic E-state index is 13.2. The highest BCUT2D eigenvalue weighted by molar-refractivity contribution is 5.98. The van der Waals surface area contributed by atoms with Gasteiger partial charge < -0.3 is 4.57 Å². The molecule has 0 saturated carbocycles. The number of benzene rings is 2. The maximum absolute atomic E-state index is 13.2. The third kappa shape index (κ3) is 4.51. The Balaban J connectivity index is 1.72. The van der Waals surface area contributed by atoms with Gasteiger partial charge in [0.2, 0.25) is 0 Å². The van der Waals surface area contributed by atoms with Gasteiger partial charge in [0.15, 0.2) is 5.78 Å². The lowest BCUT2D eigenvalue weighted by molar-refractivity contribution is -0.137. The molecule has 34 heavy (non-hydrogen) atoms. The smallest absolute Gasteiger partial charge is 0.311 e. The number of pyridine rings is 2. The second-order valence-corrected chi connectivity index (χ2v) is 8.34. The van der Waals surface area contributed by atoms with E-state index in [-0.39, 0.29) is 17.5 Å². The zero-order chi connectivity index (χ0) is 24.6. The van der Waals surface area contributed by atoms with Gasteiger partial charge in [-0.1, -0.05) is 37.3 Å². The average molecular weight is 464 g/mol. The van der Waals surface area contributed by atoms with E-state index in [2.05, 4.69) is 4.98 Å². The van der Waals surface area contributed by atoms with Crippen molar-refractivity contribution >= 4 is 16.7 Å². The molecule has 0 atom stereocenters. The molecule has 0 amide bonds. The summed E-state index contributed by atoms with van der Waals surface area (Å²) < 4.78 is 40.6. The summed E-state index contributed by atoms with van der Waals surface area (Å²) in [6.07, 6.45) is -2.10. The van der Waals surface area contributed by atoms with E-state index in [1.807, 2.05) is 26.0 Å². The molecular formula is C27H23F3N2O2. The van der Waals surface area contributed by atoms with Crippen molar-refractivity contribution in [2.75, 3.05) is 0 Å². The first-order chi connectivity index (χ1) is 16.1. The number of carbonyl (C=O) groups is 1. The van der Waals surface area contributed by atoms with Gasteiger partial charge in [-0.15, -0.1) is 0 Å². The topological polar surface area (TPSA) is 52.0 Å². The molecule has 4 rings (SSSR count). The van der Waals surface area contributed by atoms with Crippen molar-refractivity contribution < 1.29 is 18.0 Å². The molecule has 0 spiro atoms. The molecule has 2 aromatic carbocycles. The van der Waals surface area contributed by atoms with Crippen LogP contribution in [0.5, 0.6) is 0 Å². The fourth-order valence-electron chi connectivity index (χ4n) is 4.02. The molecule has 0 radical (unpaired) electrons. The molecule has 0 N–H and O–H groups in total. The Morgan fingerprint density at radius 1 is 1.03 bits per heavy atom. The molecule has 4 nitrogen and oxygen atoms in total. The van der Waals surface area contributed by atoms with Gasteiger partial charge in [-0.25, -0.2) is 0 Å². The lowest BCUT2D eigenvalue weighted by Crippen LogP contribution is -2.19. The number of halogens is 3. The summed E-state index contributed by atoms with van der Waals surface area (Å²) >= 11 is 0. The van der Waals surface area contributed by atoms with E-state index in [4.69, 9.17) is 0 Å². The number of aryl methyl sites for hydroxylation is 3. The molecule has 0 unspecified atom stereocenters. The van der Waals surface area contributed by atoms with Crippen LogP contribution in [0.15, 0.2) is 65.6 Å². The van der Waals surface area contributed by atoms with Crippen LogP contribution in [-0.2, 0) is 26.1 Å². The van der Waals surface area contributed by atoms with E-state index in [0.717, 1.165) is 40.7 Å². The summed E-state index contributed by atoms with van der Waals surface area (Å²) in [6, 6.07) is 13.4. The zero-order valence-electron chi connectivity index (χ0n) is 19.0. The fraction of sp³-hybridized carbons (Fsp3) is 0.222. The first kappa shape index (κ1) is 23.4. The van der Waals surface area contributed by atoms with Crippen molar-refractivity contribution in [3.63, 3.8) is 0 Å².